The summed E-state index contributed by atoms with van der Waals surface area (Å²) in [7, 11) is 0. The quantitative estimate of drug-likeness (QED) is 0.0169. The van der Waals surface area contributed by atoms with Crippen LogP contribution in [0.1, 0.15) is 59.6 Å². The van der Waals surface area contributed by atoms with Crippen molar-refractivity contribution in [2.24, 2.45) is 29.0 Å². The van der Waals surface area contributed by atoms with E-state index in [1.54, 1.807) is 48.5 Å². The molecule has 0 aliphatic carbocycles. The number of esters is 2. The molecule has 4 aromatic carbocycles. The zero-order chi connectivity index (χ0) is 66.0. The Balaban J connectivity index is 0.000000328. The lowest BCUT2D eigenvalue weighted by molar-refractivity contribution is -0.147. The minimum atomic E-state index is -1.32. The van der Waals surface area contributed by atoms with E-state index in [1.807, 2.05) is 0 Å². The molecule has 6 rings (SSSR count). The molecule has 2 aromatic heterocycles. The average Bonchev–Trinajstić information content (AvgIpc) is 1.64. The van der Waals surface area contributed by atoms with Crippen LogP contribution in [-0.4, -0.2) is 96.2 Å². The maximum atomic E-state index is 14.9. The van der Waals surface area contributed by atoms with Gasteiger partial charge in [-0.1, -0.05) is 39.8 Å². The van der Waals surface area contributed by atoms with Crippen LogP contribution in [0.3, 0.4) is 0 Å². The van der Waals surface area contributed by atoms with Crippen molar-refractivity contribution in [1.82, 2.24) is 25.9 Å². The summed E-state index contributed by atoms with van der Waals surface area (Å²) in [6, 6.07) is 11.2. The highest BCUT2D eigenvalue weighted by Crippen LogP contribution is 2.36. The topological polar surface area (TPSA) is 312 Å². The molecule has 30 heteroatoms. The van der Waals surface area contributed by atoms with Crippen LogP contribution in [0.15, 0.2) is 97.1 Å². The Bertz CT molecular complexity index is 3520. The second-order valence-corrected chi connectivity index (χ2v) is 20.6. The number of rotatable bonds is 21. The number of carbonyl (C=O) groups excluding carboxylic acids is 7. The number of nitrogens with one attached hydrogen (secondary N) is 3. The van der Waals surface area contributed by atoms with E-state index in [9.17, 15) is 68.7 Å². The van der Waals surface area contributed by atoms with Crippen LogP contribution in [0, 0.1) is 58.4 Å². The normalized spacial score (nSPS) is 11.7. The highest BCUT2D eigenvalue weighted by Gasteiger charge is 2.31. The maximum Gasteiger partial charge on any atom is 0.408 e. The predicted octanol–water partition coefficient (Wildman–Crippen LogP) is 10.1. The molecule has 0 aliphatic rings. The molecule has 0 saturated carbocycles. The Labute approximate surface area is 503 Å². The third-order valence-corrected chi connectivity index (χ3v) is 12.1. The van der Waals surface area contributed by atoms with E-state index < -0.39 is 143 Å². The molecule has 0 aliphatic heterocycles. The van der Waals surface area contributed by atoms with Gasteiger partial charge in [-0.15, -0.1) is 0 Å². The minimum absolute atomic E-state index is 0.0530. The van der Waals surface area contributed by atoms with Gasteiger partial charge in [0.1, 0.15) is 114 Å². The van der Waals surface area contributed by atoms with Gasteiger partial charge in [-0.25, -0.2) is 83.7 Å². The Morgan fingerprint density at radius 1 is 0.517 bits per heavy atom. The predicted molar refractivity (Wildman–Crippen MR) is 304 cm³/mol. The van der Waals surface area contributed by atoms with E-state index in [4.69, 9.17) is 40.9 Å². The number of nitrogens with two attached hydrogens (primary N) is 3. The number of anilines is 4. The number of nitrogens with zero attached hydrogens (tertiary/aromatic N) is 4. The zero-order valence-corrected chi connectivity index (χ0v) is 48.7. The van der Waals surface area contributed by atoms with Crippen molar-refractivity contribution in [3.63, 3.8) is 0 Å². The summed E-state index contributed by atoms with van der Waals surface area (Å²) in [6.07, 6.45) is -2.72. The van der Waals surface area contributed by atoms with Crippen molar-refractivity contribution in [1.29, 1.82) is 0 Å². The van der Waals surface area contributed by atoms with E-state index in [1.165, 1.54) is 12.1 Å². The number of para-hydroxylation sites is 2. The average molecular weight is 1260 g/mol. The molecule has 6 aromatic rings. The molecule has 0 radical (unpaired) electrons. The summed E-state index contributed by atoms with van der Waals surface area (Å²) in [4.78, 5) is 94.8. The molecule has 0 saturated heterocycles. The number of benzene rings is 4. The largest absolute Gasteiger partial charge is 0.463 e. The van der Waals surface area contributed by atoms with Crippen LogP contribution >= 0.6 is 0 Å². The number of hydrogen-bond acceptors (Lipinski definition) is 15. The van der Waals surface area contributed by atoms with Crippen molar-refractivity contribution in [3.05, 3.63) is 155 Å². The van der Waals surface area contributed by atoms with Gasteiger partial charge in [-0.2, -0.15) is 0 Å². The summed E-state index contributed by atoms with van der Waals surface area (Å²) >= 11 is 0. The molecular formula is C59H62F8N10O12. The van der Waals surface area contributed by atoms with Crippen LogP contribution in [0.5, 0.6) is 0 Å². The summed E-state index contributed by atoms with van der Waals surface area (Å²) in [6.45, 7) is 10.1. The minimum Gasteiger partial charge on any atom is -0.463 e. The molecule has 0 fully saturated rings. The van der Waals surface area contributed by atoms with Crippen LogP contribution in [0.25, 0.3) is 22.5 Å². The lowest BCUT2D eigenvalue weighted by atomic mass is 10.1. The number of aromatic nitrogens is 2. The lowest BCUT2D eigenvalue weighted by Gasteiger charge is -2.24. The number of urea groups is 2. The Morgan fingerprint density at radius 3 is 1.26 bits per heavy atom. The summed E-state index contributed by atoms with van der Waals surface area (Å²) < 4.78 is 141. The van der Waals surface area contributed by atoms with Gasteiger partial charge >= 0.3 is 42.3 Å². The van der Waals surface area contributed by atoms with Gasteiger partial charge in [-0.3, -0.25) is 4.79 Å². The number of primary amides is 2. The van der Waals surface area contributed by atoms with Crippen molar-refractivity contribution in [2.75, 3.05) is 36.1 Å². The third kappa shape index (κ3) is 19.7. The van der Waals surface area contributed by atoms with Gasteiger partial charge in [-0.05, 0) is 105 Å². The molecule has 2 atom stereocenters. The first-order valence-corrected chi connectivity index (χ1v) is 26.8. The number of amides is 7. The number of pyridine rings is 2. The number of alkyl carbamates (subject to hydrolysis) is 3. The fourth-order valence-corrected chi connectivity index (χ4v) is 7.74. The van der Waals surface area contributed by atoms with Gasteiger partial charge in [0.25, 0.3) is 0 Å². The fourth-order valence-electron chi connectivity index (χ4n) is 7.74. The molecule has 0 bridgehead atoms. The molecule has 9 N–H and O–H groups in total. The van der Waals surface area contributed by atoms with Gasteiger partial charge in [0, 0.05) is 34.4 Å². The maximum absolute atomic E-state index is 14.9. The van der Waals surface area contributed by atoms with Crippen LogP contribution < -0.4 is 43.0 Å². The van der Waals surface area contributed by atoms with E-state index >= 15 is 0 Å². The number of ether oxygens (including phenoxy) is 5. The highest BCUT2D eigenvalue weighted by molar-refractivity contribution is 5.99. The van der Waals surface area contributed by atoms with Crippen molar-refractivity contribution in [2.45, 2.75) is 79.4 Å². The van der Waals surface area contributed by atoms with E-state index in [0.29, 0.717) is 21.9 Å². The van der Waals surface area contributed by atoms with Crippen molar-refractivity contribution in [3.8, 4) is 22.5 Å². The van der Waals surface area contributed by atoms with E-state index in [-0.39, 0.29) is 71.8 Å². The Kier molecular flexibility index (Phi) is 24.6. The van der Waals surface area contributed by atoms with Gasteiger partial charge in [0.15, 0.2) is 0 Å². The summed E-state index contributed by atoms with van der Waals surface area (Å²) in [5, 5.41) is 7.17. The van der Waals surface area contributed by atoms with Crippen molar-refractivity contribution < 1.29 is 92.4 Å². The van der Waals surface area contributed by atoms with Crippen LogP contribution in [0.4, 0.5) is 82.1 Å². The molecule has 0 spiro atoms. The summed E-state index contributed by atoms with van der Waals surface area (Å²) in [5.74, 6) is -11.1. The smallest absolute Gasteiger partial charge is 0.408 e. The van der Waals surface area contributed by atoms with Gasteiger partial charge < -0.3 is 56.8 Å². The number of carbonyl (C=O) groups is 7. The molecule has 22 nitrogen and oxygen atoms in total. The Morgan fingerprint density at radius 2 is 0.910 bits per heavy atom. The molecule has 0 unspecified atom stereocenters. The molecular weight excluding hydrogens is 1190 g/mol. The standard InChI is InChI=1S/C32H35F4N5O7.C27H27F4N5O5/c1-17(2)25(40-31(45)48-32(3,4)5)28(42)46-14-13-38-30(44)47-16-18-9-12-24(39-26(18)20-11-10-19(33)15-23(20)36)41(29(37)43)27-21(34)7-6-8-22(27)35;1-14(2)22(32)25(37)40-11-10-34-27(39)41-13-15-6-9-21(35-23(15)17-8-7-16(28)12-20(17)31)36(26(33)38)24-18(29)4-3-5-19(24)30/h6-12,15,17,25H,13-14,16H2,1-5H3,(H2,37,43)(H,38,44)(H,40,45);3-9,12,14,22H,10-11,13,32H2,1-2H3,(H2,33,38)(H,34,39)/t25-;22-/m00/s1. The van der Waals surface area contributed by atoms with Gasteiger partial charge in [0.2, 0.25) is 0 Å². The molecule has 89 heavy (non-hydrogen) atoms. The van der Waals surface area contributed by atoms with Crippen LogP contribution in [-0.2, 0) is 46.5 Å². The molecule has 2 heterocycles. The third-order valence-electron chi connectivity index (χ3n) is 12.1. The zero-order valence-electron chi connectivity index (χ0n) is 48.7. The second-order valence-electron chi connectivity index (χ2n) is 20.6. The summed E-state index contributed by atoms with van der Waals surface area (Å²) in [5.41, 5.74) is 13.2. The molecule has 476 valence electrons. The second kappa shape index (κ2) is 31.5. The van der Waals surface area contributed by atoms with E-state index in [0.717, 1.165) is 72.8 Å². The first-order chi connectivity index (χ1) is 41.9. The number of halogens is 8. The first-order valence-electron chi connectivity index (χ1n) is 26.8. The Hall–Kier alpha value is -10.1. The fraction of sp³-hybridized carbons (Fsp3) is 0.305. The number of hydrogen-bond donors (Lipinski definition) is 6. The van der Waals surface area contributed by atoms with E-state index in [2.05, 4.69) is 25.9 Å². The SMILES string of the molecule is CC(C)[C@H](N)C(=O)OCCNC(=O)OCc1ccc(N(C(N)=O)c2c(F)cccc2F)nc1-c1ccc(F)cc1F.CC(C)[C@H](NC(=O)OC(C)(C)C)C(=O)OCCNC(=O)OCc1ccc(N(C(N)=O)c2c(F)cccc2F)nc1-c1ccc(F)cc1F. The van der Waals surface area contributed by atoms with Crippen molar-refractivity contribution >= 4 is 65.3 Å². The van der Waals surface area contributed by atoms with Crippen LogP contribution in [0.2, 0.25) is 0 Å². The van der Waals surface area contributed by atoms with Gasteiger partial charge in [0.05, 0.1) is 24.5 Å². The highest BCUT2D eigenvalue weighted by atomic mass is 19.2. The monoisotopic (exact) mass is 1250 g/mol. The lowest BCUT2D eigenvalue weighted by Crippen LogP contribution is -2.47. The first kappa shape index (κ1) is 69.6. The molecule has 7 amide bonds.